The van der Waals surface area contributed by atoms with Gasteiger partial charge in [0.25, 0.3) is 0 Å². The molecule has 0 saturated carbocycles. The van der Waals surface area contributed by atoms with Gasteiger partial charge in [-0.3, -0.25) is 4.79 Å². The molecule has 2 unspecified atom stereocenters. The fourth-order valence-corrected chi connectivity index (χ4v) is 5.02. The number of carbonyl (C=O) groups excluding carboxylic acids is 1. The van der Waals surface area contributed by atoms with Crippen LogP contribution in [0.2, 0.25) is 0 Å². The Morgan fingerprint density at radius 2 is 1.93 bits per heavy atom. The molecule has 1 amide bonds. The van der Waals surface area contributed by atoms with Crippen LogP contribution in [0.5, 0.6) is 0 Å². The minimum absolute atomic E-state index is 0.0592. The summed E-state index contributed by atoms with van der Waals surface area (Å²) >= 11 is 0. The summed E-state index contributed by atoms with van der Waals surface area (Å²) in [6.07, 6.45) is 1.57. The lowest BCUT2D eigenvalue weighted by Gasteiger charge is -2.39. The number of carbonyl (C=O) groups is 1. The SMILES string of the molecule is CC(=O)N1c2ccc(C(O)CN3CCC(O)(c4cccc(C)c4)CC3)cc2CC1C. The summed E-state index contributed by atoms with van der Waals surface area (Å²) in [6, 6.07) is 14.2. The van der Waals surface area contributed by atoms with Gasteiger partial charge in [0.15, 0.2) is 0 Å². The molecule has 4 rings (SSSR count). The zero-order valence-electron chi connectivity index (χ0n) is 18.1. The minimum Gasteiger partial charge on any atom is -0.387 e. The van der Waals surface area contributed by atoms with Gasteiger partial charge in [-0.25, -0.2) is 0 Å². The first-order valence-corrected chi connectivity index (χ1v) is 10.9. The van der Waals surface area contributed by atoms with Crippen molar-refractivity contribution in [2.45, 2.75) is 57.8 Å². The Morgan fingerprint density at radius 3 is 2.60 bits per heavy atom. The molecule has 1 saturated heterocycles. The molecule has 0 bridgehead atoms. The number of β-amino-alcohol motifs (C(OH)–C–C–N with tert-alkyl or cyclic N) is 1. The Labute approximate surface area is 178 Å². The van der Waals surface area contributed by atoms with E-state index in [9.17, 15) is 15.0 Å². The molecule has 2 heterocycles. The van der Waals surface area contributed by atoms with E-state index >= 15 is 0 Å². The summed E-state index contributed by atoms with van der Waals surface area (Å²) in [7, 11) is 0. The third-order valence-corrected chi connectivity index (χ3v) is 6.71. The normalized spacial score (nSPS) is 22.0. The van der Waals surface area contributed by atoms with E-state index < -0.39 is 11.7 Å². The number of hydrogen-bond acceptors (Lipinski definition) is 4. The molecule has 2 aliphatic rings. The number of aliphatic hydroxyl groups is 2. The lowest BCUT2D eigenvalue weighted by molar-refractivity contribution is -0.116. The fraction of sp³-hybridized carbons (Fsp3) is 0.480. The quantitative estimate of drug-likeness (QED) is 0.815. The first kappa shape index (κ1) is 21.0. The summed E-state index contributed by atoms with van der Waals surface area (Å²) in [5, 5.41) is 22.0. The molecule has 2 atom stereocenters. The number of aryl methyl sites for hydroxylation is 1. The van der Waals surface area contributed by atoms with E-state index in [1.807, 2.05) is 48.2 Å². The Morgan fingerprint density at radius 1 is 1.20 bits per heavy atom. The summed E-state index contributed by atoms with van der Waals surface area (Å²) in [6.45, 7) is 7.76. The van der Waals surface area contributed by atoms with E-state index in [-0.39, 0.29) is 11.9 Å². The number of likely N-dealkylation sites (tertiary alicyclic amines) is 1. The van der Waals surface area contributed by atoms with Crippen LogP contribution in [0.25, 0.3) is 0 Å². The topological polar surface area (TPSA) is 64.0 Å². The number of anilines is 1. The van der Waals surface area contributed by atoms with E-state index in [0.29, 0.717) is 19.4 Å². The van der Waals surface area contributed by atoms with Crippen molar-refractivity contribution in [1.82, 2.24) is 4.90 Å². The van der Waals surface area contributed by atoms with E-state index in [1.165, 1.54) is 0 Å². The molecule has 5 heteroatoms. The third-order valence-electron chi connectivity index (χ3n) is 6.71. The zero-order valence-corrected chi connectivity index (χ0v) is 18.1. The van der Waals surface area contributed by atoms with Gasteiger partial charge in [-0.05, 0) is 55.9 Å². The van der Waals surface area contributed by atoms with E-state index in [1.54, 1.807) is 6.92 Å². The van der Waals surface area contributed by atoms with Crippen LogP contribution in [0, 0.1) is 6.92 Å². The lowest BCUT2D eigenvalue weighted by atomic mass is 9.83. The van der Waals surface area contributed by atoms with Crippen LogP contribution in [0.4, 0.5) is 5.69 Å². The van der Waals surface area contributed by atoms with Gasteiger partial charge in [-0.2, -0.15) is 0 Å². The van der Waals surface area contributed by atoms with Crippen molar-refractivity contribution >= 4 is 11.6 Å². The molecular weight excluding hydrogens is 376 g/mol. The molecule has 5 nitrogen and oxygen atoms in total. The second kappa shape index (κ2) is 8.14. The third kappa shape index (κ3) is 4.02. The molecule has 2 aliphatic heterocycles. The summed E-state index contributed by atoms with van der Waals surface area (Å²) in [5.41, 5.74) is 4.35. The molecule has 160 valence electrons. The van der Waals surface area contributed by atoms with Crippen molar-refractivity contribution in [3.63, 3.8) is 0 Å². The number of aliphatic hydroxyl groups excluding tert-OH is 1. The van der Waals surface area contributed by atoms with Crippen molar-refractivity contribution in [1.29, 1.82) is 0 Å². The largest absolute Gasteiger partial charge is 0.387 e. The van der Waals surface area contributed by atoms with Gasteiger partial charge in [0.2, 0.25) is 5.91 Å². The highest BCUT2D eigenvalue weighted by Gasteiger charge is 2.35. The Hall–Kier alpha value is -2.21. The number of nitrogens with zero attached hydrogens (tertiary/aromatic N) is 2. The van der Waals surface area contributed by atoms with Crippen molar-refractivity contribution in [3.8, 4) is 0 Å². The van der Waals surface area contributed by atoms with Crippen LogP contribution in [0.3, 0.4) is 0 Å². The highest BCUT2D eigenvalue weighted by Crippen LogP contribution is 2.36. The Bertz CT molecular complexity index is 934. The first-order chi connectivity index (χ1) is 14.3. The van der Waals surface area contributed by atoms with Crippen molar-refractivity contribution in [2.75, 3.05) is 24.5 Å². The average Bonchev–Trinajstić information content (AvgIpc) is 3.05. The molecule has 0 radical (unpaired) electrons. The summed E-state index contributed by atoms with van der Waals surface area (Å²) in [4.78, 5) is 16.0. The number of fused-ring (bicyclic) bond motifs is 1. The maximum atomic E-state index is 11.9. The zero-order chi connectivity index (χ0) is 21.5. The summed E-state index contributed by atoms with van der Waals surface area (Å²) in [5.74, 6) is 0.0592. The van der Waals surface area contributed by atoms with Gasteiger partial charge < -0.3 is 20.0 Å². The van der Waals surface area contributed by atoms with Crippen LogP contribution in [-0.2, 0) is 16.8 Å². The van der Waals surface area contributed by atoms with Gasteiger partial charge in [0.1, 0.15) is 0 Å². The molecule has 1 fully saturated rings. The van der Waals surface area contributed by atoms with Gasteiger partial charge in [-0.15, -0.1) is 0 Å². The number of amides is 1. The molecule has 0 spiro atoms. The number of hydrogen-bond donors (Lipinski definition) is 2. The van der Waals surface area contributed by atoms with Gasteiger partial charge in [-0.1, -0.05) is 42.0 Å². The van der Waals surface area contributed by atoms with Gasteiger partial charge in [0, 0.05) is 38.3 Å². The maximum absolute atomic E-state index is 11.9. The number of benzene rings is 2. The average molecular weight is 409 g/mol. The van der Waals surface area contributed by atoms with Gasteiger partial charge >= 0.3 is 0 Å². The highest BCUT2D eigenvalue weighted by molar-refractivity contribution is 5.94. The van der Waals surface area contributed by atoms with Crippen LogP contribution in [-0.4, -0.2) is 46.7 Å². The second-order valence-electron chi connectivity index (χ2n) is 9.05. The van der Waals surface area contributed by atoms with Crippen LogP contribution >= 0.6 is 0 Å². The lowest BCUT2D eigenvalue weighted by Crippen LogP contribution is -2.44. The Kier molecular flexibility index (Phi) is 5.71. The number of rotatable bonds is 4. The van der Waals surface area contributed by atoms with Gasteiger partial charge in [0.05, 0.1) is 11.7 Å². The monoisotopic (exact) mass is 408 g/mol. The van der Waals surface area contributed by atoms with E-state index in [4.69, 9.17) is 0 Å². The predicted octanol–water partition coefficient (Wildman–Crippen LogP) is 3.31. The minimum atomic E-state index is -0.784. The Balaban J connectivity index is 1.39. The first-order valence-electron chi connectivity index (χ1n) is 10.9. The van der Waals surface area contributed by atoms with Crippen LogP contribution in [0.15, 0.2) is 42.5 Å². The molecule has 2 aromatic rings. The smallest absolute Gasteiger partial charge is 0.224 e. The van der Waals surface area contributed by atoms with Crippen LogP contribution < -0.4 is 4.90 Å². The maximum Gasteiger partial charge on any atom is 0.224 e. The summed E-state index contributed by atoms with van der Waals surface area (Å²) < 4.78 is 0. The molecule has 2 aromatic carbocycles. The van der Waals surface area contributed by atoms with E-state index in [0.717, 1.165) is 47.5 Å². The van der Waals surface area contributed by atoms with Crippen molar-refractivity contribution < 1.29 is 15.0 Å². The fourth-order valence-electron chi connectivity index (χ4n) is 5.02. The molecule has 2 N–H and O–H groups in total. The standard InChI is InChI=1S/C25H32N2O3/c1-17-5-4-6-22(13-17)25(30)9-11-26(12-10-25)16-24(29)20-7-8-23-21(15-20)14-18(2)27(23)19(3)28/h4-8,13,15,18,24,29-30H,9-12,14,16H2,1-3H3. The molecule has 0 aromatic heterocycles. The van der Waals surface area contributed by atoms with Crippen molar-refractivity contribution in [3.05, 3.63) is 64.7 Å². The highest BCUT2D eigenvalue weighted by atomic mass is 16.3. The second-order valence-corrected chi connectivity index (χ2v) is 9.05. The predicted molar refractivity (Wildman–Crippen MR) is 118 cm³/mol. The van der Waals surface area contributed by atoms with E-state index in [2.05, 4.69) is 17.9 Å². The molecule has 0 aliphatic carbocycles. The van der Waals surface area contributed by atoms with Crippen LogP contribution in [0.1, 0.15) is 55.0 Å². The number of piperidine rings is 1. The molecule has 30 heavy (non-hydrogen) atoms. The van der Waals surface area contributed by atoms with Crippen molar-refractivity contribution in [2.24, 2.45) is 0 Å². The molecular formula is C25H32N2O3.